The van der Waals surface area contributed by atoms with Crippen molar-refractivity contribution in [2.75, 3.05) is 6.54 Å². The number of nitrogens with one attached hydrogen (secondary N) is 1. The van der Waals surface area contributed by atoms with Gasteiger partial charge in [-0.1, -0.05) is 12.1 Å². The quantitative estimate of drug-likeness (QED) is 0.632. The van der Waals surface area contributed by atoms with E-state index in [4.69, 9.17) is 5.11 Å². The molecule has 1 aromatic carbocycles. The van der Waals surface area contributed by atoms with Gasteiger partial charge in [0.15, 0.2) is 5.65 Å². The molecule has 0 unspecified atom stereocenters. The van der Waals surface area contributed by atoms with E-state index >= 15 is 0 Å². The SMILES string of the molecule is O=C(O)c1cc(Br)c2ncc(CNCCc3ccc(F)cc3)n2c1. The molecule has 3 aromatic rings. The summed E-state index contributed by atoms with van der Waals surface area (Å²) in [5.41, 5.74) is 2.79. The van der Waals surface area contributed by atoms with E-state index in [1.54, 1.807) is 28.9 Å². The molecule has 0 saturated carbocycles. The second kappa shape index (κ2) is 7.11. The maximum atomic E-state index is 12.9. The lowest BCUT2D eigenvalue weighted by molar-refractivity contribution is 0.0696. The van der Waals surface area contributed by atoms with Gasteiger partial charge in [0.25, 0.3) is 0 Å². The van der Waals surface area contributed by atoms with E-state index in [0.29, 0.717) is 16.7 Å². The van der Waals surface area contributed by atoms with Crippen LogP contribution >= 0.6 is 15.9 Å². The summed E-state index contributed by atoms with van der Waals surface area (Å²) < 4.78 is 15.3. The van der Waals surface area contributed by atoms with Crippen molar-refractivity contribution in [2.24, 2.45) is 0 Å². The molecule has 7 heteroatoms. The summed E-state index contributed by atoms with van der Waals surface area (Å²) in [6.45, 7) is 1.27. The number of carbonyl (C=O) groups is 1. The lowest BCUT2D eigenvalue weighted by atomic mass is 10.1. The minimum atomic E-state index is -0.985. The number of benzene rings is 1. The monoisotopic (exact) mass is 391 g/mol. The van der Waals surface area contributed by atoms with Crippen molar-refractivity contribution in [3.8, 4) is 0 Å². The Hall–Kier alpha value is -2.25. The second-order valence-electron chi connectivity index (χ2n) is 5.38. The van der Waals surface area contributed by atoms with Crippen molar-refractivity contribution in [3.63, 3.8) is 0 Å². The van der Waals surface area contributed by atoms with Gasteiger partial charge in [-0.15, -0.1) is 0 Å². The van der Waals surface area contributed by atoms with Crippen LogP contribution in [0.2, 0.25) is 0 Å². The van der Waals surface area contributed by atoms with Crippen LogP contribution in [-0.2, 0) is 13.0 Å². The summed E-state index contributed by atoms with van der Waals surface area (Å²) in [6.07, 6.45) is 4.06. The Kier molecular flexibility index (Phi) is 4.92. The Morgan fingerprint density at radius 2 is 2.08 bits per heavy atom. The summed E-state index contributed by atoms with van der Waals surface area (Å²) in [6, 6.07) is 7.97. The Morgan fingerprint density at radius 3 is 2.79 bits per heavy atom. The number of hydrogen-bond donors (Lipinski definition) is 2. The predicted octanol–water partition coefficient (Wildman–Crippen LogP) is 3.27. The molecule has 0 saturated heterocycles. The molecule has 2 N–H and O–H groups in total. The van der Waals surface area contributed by atoms with Crippen molar-refractivity contribution in [1.82, 2.24) is 14.7 Å². The number of halogens is 2. The lowest BCUT2D eigenvalue weighted by Gasteiger charge is -2.07. The number of nitrogens with zero attached hydrogens (tertiary/aromatic N) is 2. The van der Waals surface area contributed by atoms with E-state index < -0.39 is 5.97 Å². The first kappa shape index (κ1) is 16.6. The highest BCUT2D eigenvalue weighted by Gasteiger charge is 2.11. The molecule has 24 heavy (non-hydrogen) atoms. The van der Waals surface area contributed by atoms with Crippen LogP contribution < -0.4 is 5.32 Å². The fraction of sp³-hybridized carbons (Fsp3) is 0.176. The highest BCUT2D eigenvalue weighted by atomic mass is 79.9. The molecule has 2 heterocycles. The van der Waals surface area contributed by atoms with Crippen LogP contribution in [0.3, 0.4) is 0 Å². The topological polar surface area (TPSA) is 66.6 Å². The van der Waals surface area contributed by atoms with Crippen LogP contribution in [0.15, 0.2) is 47.2 Å². The van der Waals surface area contributed by atoms with Gasteiger partial charge in [-0.05, 0) is 52.7 Å². The molecule has 0 aliphatic heterocycles. The van der Waals surface area contributed by atoms with Crippen LogP contribution in [-0.4, -0.2) is 27.0 Å². The first-order valence-corrected chi connectivity index (χ1v) is 8.18. The zero-order valence-corrected chi connectivity index (χ0v) is 14.3. The first-order valence-electron chi connectivity index (χ1n) is 7.38. The molecular formula is C17H15BrFN3O2. The zero-order chi connectivity index (χ0) is 17.1. The first-order chi connectivity index (χ1) is 11.5. The fourth-order valence-electron chi connectivity index (χ4n) is 2.44. The highest BCUT2D eigenvalue weighted by molar-refractivity contribution is 9.10. The van der Waals surface area contributed by atoms with Gasteiger partial charge >= 0.3 is 5.97 Å². The Labute approximate surface area is 146 Å². The minimum Gasteiger partial charge on any atom is -0.478 e. The maximum absolute atomic E-state index is 12.9. The molecule has 0 bridgehead atoms. The summed E-state index contributed by atoms with van der Waals surface area (Å²) in [5.74, 6) is -1.22. The van der Waals surface area contributed by atoms with Crippen molar-refractivity contribution in [1.29, 1.82) is 0 Å². The molecule has 0 radical (unpaired) electrons. The van der Waals surface area contributed by atoms with Gasteiger partial charge in [0.2, 0.25) is 0 Å². The van der Waals surface area contributed by atoms with Crippen LogP contribution in [0.1, 0.15) is 21.6 Å². The van der Waals surface area contributed by atoms with E-state index in [1.165, 1.54) is 18.2 Å². The van der Waals surface area contributed by atoms with Crippen LogP contribution in [0.4, 0.5) is 4.39 Å². The minimum absolute atomic E-state index is 0.194. The molecule has 5 nitrogen and oxygen atoms in total. The van der Waals surface area contributed by atoms with Crippen LogP contribution in [0.5, 0.6) is 0 Å². The van der Waals surface area contributed by atoms with E-state index in [1.807, 2.05) is 0 Å². The van der Waals surface area contributed by atoms with E-state index in [2.05, 4.69) is 26.2 Å². The number of aromatic nitrogens is 2. The average molecular weight is 392 g/mol. The maximum Gasteiger partial charge on any atom is 0.337 e. The van der Waals surface area contributed by atoms with Crippen molar-refractivity contribution in [2.45, 2.75) is 13.0 Å². The van der Waals surface area contributed by atoms with Gasteiger partial charge in [-0.25, -0.2) is 14.2 Å². The van der Waals surface area contributed by atoms with Crippen molar-refractivity contribution >= 4 is 27.5 Å². The van der Waals surface area contributed by atoms with Gasteiger partial charge < -0.3 is 14.8 Å². The molecule has 0 fully saturated rings. The molecule has 0 atom stereocenters. The number of fused-ring (bicyclic) bond motifs is 1. The number of carboxylic acids is 1. The Bertz CT molecular complexity index is 877. The third kappa shape index (κ3) is 3.63. The van der Waals surface area contributed by atoms with Crippen LogP contribution in [0, 0.1) is 5.82 Å². The number of carboxylic acid groups (broad SMARTS) is 1. The summed E-state index contributed by atoms with van der Waals surface area (Å²) in [7, 11) is 0. The van der Waals surface area contributed by atoms with Gasteiger partial charge in [0.05, 0.1) is 21.9 Å². The number of pyridine rings is 1. The molecule has 2 aromatic heterocycles. The summed E-state index contributed by atoms with van der Waals surface area (Å²) in [5, 5.41) is 12.5. The van der Waals surface area contributed by atoms with Crippen molar-refractivity contribution < 1.29 is 14.3 Å². The smallest absolute Gasteiger partial charge is 0.337 e. The molecule has 3 rings (SSSR count). The molecule has 0 amide bonds. The van der Waals surface area contributed by atoms with E-state index in [0.717, 1.165) is 24.2 Å². The average Bonchev–Trinajstić information content (AvgIpc) is 2.97. The normalized spacial score (nSPS) is 11.1. The van der Waals surface area contributed by atoms with Gasteiger partial charge in [-0.2, -0.15) is 0 Å². The van der Waals surface area contributed by atoms with Gasteiger partial charge in [-0.3, -0.25) is 0 Å². The second-order valence-corrected chi connectivity index (χ2v) is 6.23. The number of aromatic carboxylic acids is 1. The van der Waals surface area contributed by atoms with Crippen LogP contribution in [0.25, 0.3) is 5.65 Å². The fourth-order valence-corrected chi connectivity index (χ4v) is 2.98. The lowest BCUT2D eigenvalue weighted by Crippen LogP contribution is -2.18. The molecule has 0 spiro atoms. The predicted molar refractivity (Wildman–Crippen MR) is 91.7 cm³/mol. The molecule has 0 aliphatic rings. The molecule has 0 aliphatic carbocycles. The summed E-state index contributed by atoms with van der Waals surface area (Å²) >= 11 is 3.35. The third-order valence-electron chi connectivity index (χ3n) is 3.69. The largest absolute Gasteiger partial charge is 0.478 e. The molecular weight excluding hydrogens is 377 g/mol. The number of imidazole rings is 1. The van der Waals surface area contributed by atoms with Gasteiger partial charge in [0.1, 0.15) is 5.82 Å². The number of hydrogen-bond acceptors (Lipinski definition) is 3. The highest BCUT2D eigenvalue weighted by Crippen LogP contribution is 2.20. The van der Waals surface area contributed by atoms with Gasteiger partial charge in [0, 0.05) is 12.7 Å². The van der Waals surface area contributed by atoms with E-state index in [-0.39, 0.29) is 11.4 Å². The zero-order valence-electron chi connectivity index (χ0n) is 12.7. The standard InChI is InChI=1S/C17H15BrFN3O2/c18-15-7-12(17(23)24)10-22-14(9-21-16(15)22)8-20-6-5-11-1-3-13(19)4-2-11/h1-4,7,9-10,20H,5-6,8H2,(H,23,24). The summed E-state index contributed by atoms with van der Waals surface area (Å²) in [4.78, 5) is 15.5. The Morgan fingerprint density at radius 1 is 1.33 bits per heavy atom. The van der Waals surface area contributed by atoms with E-state index in [9.17, 15) is 9.18 Å². The Balaban J connectivity index is 1.67. The third-order valence-corrected chi connectivity index (χ3v) is 4.28. The molecule has 124 valence electrons. The van der Waals surface area contributed by atoms with Crippen molar-refractivity contribution in [3.05, 3.63) is 69.8 Å². The number of rotatable bonds is 6.